The van der Waals surface area contributed by atoms with Gasteiger partial charge in [-0.2, -0.15) is 0 Å². The highest BCUT2D eigenvalue weighted by atomic mass is 16.5. The zero-order chi connectivity index (χ0) is 19.9. The molecule has 0 aliphatic carbocycles. The van der Waals surface area contributed by atoms with E-state index in [4.69, 9.17) is 9.47 Å². The number of aryl methyl sites for hydroxylation is 1. The molecule has 0 spiro atoms. The van der Waals surface area contributed by atoms with E-state index in [-0.39, 0.29) is 5.91 Å². The summed E-state index contributed by atoms with van der Waals surface area (Å²) in [5.74, 6) is 1.46. The summed E-state index contributed by atoms with van der Waals surface area (Å²) in [6, 6.07) is 19.9. The number of benzene rings is 3. The molecule has 3 aromatic carbocycles. The number of nitrogens with one attached hydrogen (secondary N) is 1. The molecule has 1 atom stereocenters. The number of fused-ring (bicyclic) bond motifs is 1. The van der Waals surface area contributed by atoms with Crippen molar-refractivity contribution in [2.24, 2.45) is 0 Å². The summed E-state index contributed by atoms with van der Waals surface area (Å²) in [7, 11) is 0. The van der Waals surface area contributed by atoms with E-state index in [1.807, 2.05) is 68.4 Å². The van der Waals surface area contributed by atoms with Gasteiger partial charge >= 0.3 is 0 Å². The van der Waals surface area contributed by atoms with Crippen molar-refractivity contribution in [3.05, 3.63) is 71.8 Å². The van der Waals surface area contributed by atoms with Gasteiger partial charge in [-0.3, -0.25) is 4.79 Å². The quantitative estimate of drug-likeness (QED) is 0.573. The van der Waals surface area contributed by atoms with Gasteiger partial charge in [-0.1, -0.05) is 55.5 Å². The molecule has 0 aliphatic rings. The van der Waals surface area contributed by atoms with Crippen LogP contribution in [0, 0.1) is 13.8 Å². The standard InChI is InChI=1S/C24H27NO3/c1-4-21(28-23-14-8-11-19-10-5-6-12-20(19)23)24(26)25-15-16-27-22-13-7-9-17(2)18(22)3/h5-14,21H,4,15-16H2,1-3H3,(H,25,26)/t21-/m0/s1. The molecule has 1 N–H and O–H groups in total. The predicted molar refractivity (Wildman–Crippen MR) is 113 cm³/mol. The summed E-state index contributed by atoms with van der Waals surface area (Å²) in [5, 5.41) is 5.02. The van der Waals surface area contributed by atoms with Crippen LogP contribution in [0.25, 0.3) is 10.8 Å². The van der Waals surface area contributed by atoms with Crippen LogP contribution in [-0.4, -0.2) is 25.2 Å². The molecule has 0 saturated carbocycles. The van der Waals surface area contributed by atoms with E-state index in [1.54, 1.807) is 0 Å². The predicted octanol–water partition coefficient (Wildman–Crippen LogP) is 4.81. The van der Waals surface area contributed by atoms with Crippen molar-refractivity contribution >= 4 is 16.7 Å². The lowest BCUT2D eigenvalue weighted by molar-refractivity contribution is -0.128. The van der Waals surface area contributed by atoms with Crippen LogP contribution < -0.4 is 14.8 Å². The third kappa shape index (κ3) is 4.63. The summed E-state index contributed by atoms with van der Waals surface area (Å²) in [5.41, 5.74) is 2.32. The molecule has 0 aromatic heterocycles. The Labute approximate surface area is 166 Å². The van der Waals surface area contributed by atoms with Crippen LogP contribution in [0.2, 0.25) is 0 Å². The smallest absolute Gasteiger partial charge is 0.261 e. The van der Waals surface area contributed by atoms with Crippen LogP contribution in [0.1, 0.15) is 24.5 Å². The third-order valence-corrected chi connectivity index (χ3v) is 4.90. The molecule has 0 aliphatic heterocycles. The summed E-state index contributed by atoms with van der Waals surface area (Å²) in [4.78, 5) is 12.6. The maximum absolute atomic E-state index is 12.6. The second kappa shape index (κ2) is 9.27. The zero-order valence-electron chi connectivity index (χ0n) is 16.7. The molecule has 146 valence electrons. The number of ether oxygens (including phenoxy) is 2. The Bertz CT molecular complexity index is 946. The van der Waals surface area contributed by atoms with Crippen LogP contribution in [0.3, 0.4) is 0 Å². The molecule has 28 heavy (non-hydrogen) atoms. The van der Waals surface area contributed by atoms with Crippen molar-refractivity contribution < 1.29 is 14.3 Å². The normalized spacial score (nSPS) is 11.8. The van der Waals surface area contributed by atoms with Gasteiger partial charge in [0.15, 0.2) is 6.10 Å². The van der Waals surface area contributed by atoms with E-state index < -0.39 is 6.10 Å². The van der Waals surface area contributed by atoms with Crippen LogP contribution >= 0.6 is 0 Å². The first-order chi connectivity index (χ1) is 13.6. The highest BCUT2D eigenvalue weighted by molar-refractivity contribution is 5.89. The molecule has 0 fully saturated rings. The Morgan fingerprint density at radius 1 is 0.964 bits per heavy atom. The second-order valence-electron chi connectivity index (χ2n) is 6.83. The van der Waals surface area contributed by atoms with Crippen molar-refractivity contribution in [1.82, 2.24) is 5.32 Å². The molecule has 4 nitrogen and oxygen atoms in total. The number of hydrogen-bond acceptors (Lipinski definition) is 3. The Kier molecular flexibility index (Phi) is 6.53. The zero-order valence-corrected chi connectivity index (χ0v) is 16.7. The molecule has 3 aromatic rings. The molecule has 0 heterocycles. The number of rotatable bonds is 8. The Balaban J connectivity index is 1.55. The minimum atomic E-state index is -0.536. The van der Waals surface area contributed by atoms with Gasteiger partial charge in [0.05, 0.1) is 6.54 Å². The van der Waals surface area contributed by atoms with Crippen molar-refractivity contribution in [2.75, 3.05) is 13.2 Å². The summed E-state index contributed by atoms with van der Waals surface area (Å²) in [6.45, 7) is 6.89. The minimum absolute atomic E-state index is 0.125. The maximum Gasteiger partial charge on any atom is 0.261 e. The largest absolute Gasteiger partial charge is 0.491 e. The molecular formula is C24H27NO3. The van der Waals surface area contributed by atoms with Gasteiger partial charge in [0.25, 0.3) is 5.91 Å². The molecule has 4 heteroatoms. The Morgan fingerprint density at radius 3 is 2.50 bits per heavy atom. The third-order valence-electron chi connectivity index (χ3n) is 4.90. The molecule has 0 unspecified atom stereocenters. The molecule has 3 rings (SSSR count). The first kappa shape index (κ1) is 19.7. The van der Waals surface area contributed by atoms with Gasteiger partial charge in [0.1, 0.15) is 18.1 Å². The minimum Gasteiger partial charge on any atom is -0.491 e. The van der Waals surface area contributed by atoms with E-state index in [9.17, 15) is 4.79 Å². The summed E-state index contributed by atoms with van der Waals surface area (Å²) in [6.07, 6.45) is 0.0545. The van der Waals surface area contributed by atoms with Gasteiger partial charge in [-0.05, 0) is 48.9 Å². The Morgan fingerprint density at radius 2 is 1.68 bits per heavy atom. The Hall–Kier alpha value is -3.01. The van der Waals surface area contributed by atoms with E-state index in [0.717, 1.165) is 27.8 Å². The number of amides is 1. The first-order valence-corrected chi connectivity index (χ1v) is 9.71. The van der Waals surface area contributed by atoms with Crippen LogP contribution in [0.4, 0.5) is 0 Å². The fraction of sp³-hybridized carbons (Fsp3) is 0.292. The lowest BCUT2D eigenvalue weighted by Crippen LogP contribution is -2.39. The molecular weight excluding hydrogens is 350 g/mol. The highest BCUT2D eigenvalue weighted by Gasteiger charge is 2.19. The van der Waals surface area contributed by atoms with E-state index in [2.05, 4.69) is 18.3 Å². The van der Waals surface area contributed by atoms with E-state index in [1.165, 1.54) is 5.56 Å². The van der Waals surface area contributed by atoms with Crippen LogP contribution in [0.15, 0.2) is 60.7 Å². The second-order valence-corrected chi connectivity index (χ2v) is 6.83. The fourth-order valence-electron chi connectivity index (χ4n) is 3.10. The number of carbonyl (C=O) groups is 1. The van der Waals surface area contributed by atoms with Crippen LogP contribution in [0.5, 0.6) is 11.5 Å². The van der Waals surface area contributed by atoms with Crippen molar-refractivity contribution in [1.29, 1.82) is 0 Å². The lowest BCUT2D eigenvalue weighted by Gasteiger charge is -2.19. The van der Waals surface area contributed by atoms with Gasteiger partial charge in [-0.25, -0.2) is 0 Å². The monoisotopic (exact) mass is 377 g/mol. The average molecular weight is 377 g/mol. The number of hydrogen-bond donors (Lipinski definition) is 1. The van der Waals surface area contributed by atoms with Gasteiger partial charge < -0.3 is 14.8 Å². The summed E-state index contributed by atoms with van der Waals surface area (Å²) < 4.78 is 11.8. The van der Waals surface area contributed by atoms with Gasteiger partial charge in [0.2, 0.25) is 0 Å². The topological polar surface area (TPSA) is 47.6 Å². The highest BCUT2D eigenvalue weighted by Crippen LogP contribution is 2.26. The molecule has 0 saturated heterocycles. The van der Waals surface area contributed by atoms with Gasteiger partial charge in [-0.15, -0.1) is 0 Å². The van der Waals surface area contributed by atoms with Crippen molar-refractivity contribution in [3.8, 4) is 11.5 Å². The lowest BCUT2D eigenvalue weighted by atomic mass is 10.1. The van der Waals surface area contributed by atoms with E-state index in [0.29, 0.717) is 19.6 Å². The average Bonchev–Trinajstić information content (AvgIpc) is 2.72. The molecule has 0 bridgehead atoms. The number of carbonyl (C=O) groups excluding carboxylic acids is 1. The maximum atomic E-state index is 12.6. The van der Waals surface area contributed by atoms with Crippen LogP contribution in [-0.2, 0) is 4.79 Å². The fourth-order valence-corrected chi connectivity index (χ4v) is 3.10. The summed E-state index contributed by atoms with van der Waals surface area (Å²) >= 11 is 0. The SMILES string of the molecule is CC[C@H](Oc1cccc2ccccc12)C(=O)NCCOc1cccc(C)c1C. The first-order valence-electron chi connectivity index (χ1n) is 9.71. The van der Waals surface area contributed by atoms with E-state index >= 15 is 0 Å². The van der Waals surface area contributed by atoms with Crippen molar-refractivity contribution in [2.45, 2.75) is 33.3 Å². The molecule has 1 amide bonds. The molecule has 0 radical (unpaired) electrons. The van der Waals surface area contributed by atoms with Gasteiger partial charge in [0, 0.05) is 5.39 Å². The van der Waals surface area contributed by atoms with Crippen molar-refractivity contribution in [3.63, 3.8) is 0 Å².